The van der Waals surface area contributed by atoms with Crippen LogP contribution in [0.15, 0.2) is 18.3 Å². The molecular formula is C14H24N2O3. The van der Waals surface area contributed by atoms with Gasteiger partial charge in [-0.05, 0) is 25.5 Å². The van der Waals surface area contributed by atoms with E-state index in [1.807, 2.05) is 12.1 Å². The highest BCUT2D eigenvalue weighted by atomic mass is 16.5. The lowest BCUT2D eigenvalue weighted by atomic mass is 10.2. The van der Waals surface area contributed by atoms with Crippen molar-refractivity contribution >= 4 is 5.82 Å². The van der Waals surface area contributed by atoms with Gasteiger partial charge in [0.15, 0.2) is 0 Å². The minimum Gasteiger partial charge on any atom is -0.389 e. The first-order valence-electron chi connectivity index (χ1n) is 6.48. The van der Waals surface area contributed by atoms with Crippen molar-refractivity contribution in [1.29, 1.82) is 0 Å². The molecule has 0 aromatic carbocycles. The molecule has 0 saturated heterocycles. The first-order chi connectivity index (χ1) is 9.10. The lowest BCUT2D eigenvalue weighted by Gasteiger charge is -2.29. The summed E-state index contributed by atoms with van der Waals surface area (Å²) in [6, 6.07) is 4.03. The van der Waals surface area contributed by atoms with E-state index in [1.54, 1.807) is 27.3 Å². The average molecular weight is 268 g/mol. The van der Waals surface area contributed by atoms with Gasteiger partial charge < -0.3 is 19.5 Å². The fourth-order valence-electron chi connectivity index (χ4n) is 1.90. The topological polar surface area (TPSA) is 54.8 Å². The van der Waals surface area contributed by atoms with Crippen LogP contribution >= 0.6 is 0 Å². The van der Waals surface area contributed by atoms with Gasteiger partial charge in [-0.2, -0.15) is 0 Å². The highest BCUT2D eigenvalue weighted by Gasteiger charge is 2.15. The maximum absolute atomic E-state index is 9.49. The van der Waals surface area contributed by atoms with Crippen LogP contribution in [0.2, 0.25) is 0 Å². The van der Waals surface area contributed by atoms with E-state index in [4.69, 9.17) is 9.47 Å². The van der Waals surface area contributed by atoms with Crippen LogP contribution in [0.5, 0.6) is 0 Å². The first kappa shape index (κ1) is 15.9. The largest absolute Gasteiger partial charge is 0.389 e. The van der Waals surface area contributed by atoms with Crippen molar-refractivity contribution in [3.8, 4) is 0 Å². The summed E-state index contributed by atoms with van der Waals surface area (Å²) >= 11 is 0. The van der Waals surface area contributed by atoms with Gasteiger partial charge in [-0.15, -0.1) is 0 Å². The van der Waals surface area contributed by atoms with Gasteiger partial charge in [0.05, 0.1) is 25.4 Å². The number of nitrogens with zero attached hydrogens (tertiary/aromatic N) is 2. The van der Waals surface area contributed by atoms with Crippen LogP contribution in [-0.2, 0) is 9.47 Å². The number of methoxy groups -OCH3 is 2. The molecule has 1 heterocycles. The number of aliphatic hydroxyl groups is 1. The SMILES string of the molecule is COCCN(c1ccc([C@H](C)O)cn1)C(C)COC. The number of aromatic nitrogens is 1. The van der Waals surface area contributed by atoms with Crippen molar-refractivity contribution in [2.75, 3.05) is 38.9 Å². The zero-order chi connectivity index (χ0) is 14.3. The van der Waals surface area contributed by atoms with Crippen molar-refractivity contribution in [2.45, 2.75) is 26.0 Å². The fraction of sp³-hybridized carbons (Fsp3) is 0.643. The Bertz CT molecular complexity index is 354. The van der Waals surface area contributed by atoms with Gasteiger partial charge >= 0.3 is 0 Å². The van der Waals surface area contributed by atoms with Crippen LogP contribution in [0.3, 0.4) is 0 Å². The highest BCUT2D eigenvalue weighted by molar-refractivity contribution is 5.40. The predicted octanol–water partition coefficient (Wildman–Crippen LogP) is 1.62. The Morgan fingerprint density at radius 3 is 2.47 bits per heavy atom. The van der Waals surface area contributed by atoms with E-state index in [0.717, 1.165) is 17.9 Å². The number of rotatable bonds is 8. The molecule has 0 bridgehead atoms. The minimum atomic E-state index is -0.495. The number of anilines is 1. The van der Waals surface area contributed by atoms with Crippen LogP contribution in [0.4, 0.5) is 5.82 Å². The molecule has 1 aromatic heterocycles. The molecule has 1 rings (SSSR count). The molecule has 0 aliphatic heterocycles. The Hall–Kier alpha value is -1.17. The number of aliphatic hydroxyl groups excluding tert-OH is 1. The number of ether oxygens (including phenoxy) is 2. The molecular weight excluding hydrogens is 244 g/mol. The lowest BCUT2D eigenvalue weighted by Crippen LogP contribution is -2.39. The third-order valence-electron chi connectivity index (χ3n) is 3.02. The summed E-state index contributed by atoms with van der Waals surface area (Å²) in [5, 5.41) is 9.49. The third kappa shape index (κ3) is 4.78. The highest BCUT2D eigenvalue weighted by Crippen LogP contribution is 2.17. The van der Waals surface area contributed by atoms with Gasteiger partial charge in [0.25, 0.3) is 0 Å². The van der Waals surface area contributed by atoms with E-state index in [2.05, 4.69) is 16.8 Å². The molecule has 0 saturated carbocycles. The smallest absolute Gasteiger partial charge is 0.128 e. The quantitative estimate of drug-likeness (QED) is 0.776. The third-order valence-corrected chi connectivity index (χ3v) is 3.02. The molecule has 0 radical (unpaired) electrons. The van der Waals surface area contributed by atoms with Crippen LogP contribution < -0.4 is 4.90 Å². The first-order valence-corrected chi connectivity index (χ1v) is 6.48. The number of pyridine rings is 1. The second kappa shape index (κ2) is 8.09. The molecule has 0 fully saturated rings. The Morgan fingerprint density at radius 1 is 1.26 bits per heavy atom. The molecule has 0 amide bonds. The van der Waals surface area contributed by atoms with Gasteiger partial charge in [-0.3, -0.25) is 0 Å². The number of hydrogen-bond donors (Lipinski definition) is 1. The van der Waals surface area contributed by atoms with Gasteiger partial charge in [0.1, 0.15) is 5.82 Å². The summed E-state index contributed by atoms with van der Waals surface area (Å²) in [5.74, 6) is 0.867. The summed E-state index contributed by atoms with van der Waals surface area (Å²) in [5.41, 5.74) is 0.815. The van der Waals surface area contributed by atoms with Crippen LogP contribution in [0, 0.1) is 0 Å². The Kier molecular flexibility index (Phi) is 6.77. The van der Waals surface area contributed by atoms with Crippen molar-refractivity contribution in [2.24, 2.45) is 0 Å². The van der Waals surface area contributed by atoms with Crippen molar-refractivity contribution in [1.82, 2.24) is 4.98 Å². The normalized spacial score (nSPS) is 14.2. The maximum atomic E-state index is 9.49. The van der Waals surface area contributed by atoms with E-state index >= 15 is 0 Å². The zero-order valence-electron chi connectivity index (χ0n) is 12.2. The summed E-state index contributed by atoms with van der Waals surface area (Å²) < 4.78 is 10.3. The molecule has 1 aromatic rings. The van der Waals surface area contributed by atoms with E-state index in [0.29, 0.717) is 13.2 Å². The second-order valence-electron chi connectivity index (χ2n) is 4.62. The minimum absolute atomic E-state index is 0.213. The van der Waals surface area contributed by atoms with Crippen LogP contribution in [-0.4, -0.2) is 50.1 Å². The standard InChI is InChI=1S/C14H24N2O3/c1-11(10-19-4)16(7-8-18-3)14-6-5-13(9-15-14)12(2)17/h5-6,9,11-12,17H,7-8,10H2,1-4H3/t11?,12-/m0/s1. The molecule has 108 valence electrons. The molecule has 0 aliphatic carbocycles. The Labute approximate surface area is 115 Å². The predicted molar refractivity (Wildman–Crippen MR) is 75.4 cm³/mol. The average Bonchev–Trinajstić information content (AvgIpc) is 2.40. The molecule has 2 atom stereocenters. The Morgan fingerprint density at radius 2 is 2.00 bits per heavy atom. The summed E-state index contributed by atoms with van der Waals surface area (Å²) in [6.45, 7) is 5.83. The molecule has 5 heteroatoms. The number of hydrogen-bond acceptors (Lipinski definition) is 5. The van der Waals surface area contributed by atoms with E-state index in [9.17, 15) is 5.11 Å². The maximum Gasteiger partial charge on any atom is 0.128 e. The van der Waals surface area contributed by atoms with Crippen molar-refractivity contribution in [3.63, 3.8) is 0 Å². The fourth-order valence-corrected chi connectivity index (χ4v) is 1.90. The molecule has 1 unspecified atom stereocenters. The summed E-state index contributed by atoms with van der Waals surface area (Å²) in [7, 11) is 3.37. The molecule has 1 N–H and O–H groups in total. The lowest BCUT2D eigenvalue weighted by molar-refractivity contribution is 0.170. The van der Waals surface area contributed by atoms with E-state index < -0.39 is 6.10 Å². The van der Waals surface area contributed by atoms with Gasteiger partial charge in [-0.1, -0.05) is 6.07 Å². The summed E-state index contributed by atoms with van der Waals surface area (Å²) in [4.78, 5) is 6.55. The molecule has 5 nitrogen and oxygen atoms in total. The van der Waals surface area contributed by atoms with Gasteiger partial charge in [-0.25, -0.2) is 4.98 Å². The zero-order valence-corrected chi connectivity index (χ0v) is 12.2. The molecule has 0 aliphatic rings. The van der Waals surface area contributed by atoms with Gasteiger partial charge in [0.2, 0.25) is 0 Å². The van der Waals surface area contributed by atoms with Crippen molar-refractivity contribution in [3.05, 3.63) is 23.9 Å². The van der Waals surface area contributed by atoms with E-state index in [1.165, 1.54) is 0 Å². The molecule has 0 spiro atoms. The van der Waals surface area contributed by atoms with Crippen LogP contribution in [0.1, 0.15) is 25.5 Å². The summed E-state index contributed by atoms with van der Waals surface area (Å²) in [6.07, 6.45) is 1.21. The van der Waals surface area contributed by atoms with E-state index in [-0.39, 0.29) is 6.04 Å². The Balaban J connectivity index is 2.83. The molecule has 19 heavy (non-hydrogen) atoms. The van der Waals surface area contributed by atoms with Crippen LogP contribution in [0.25, 0.3) is 0 Å². The monoisotopic (exact) mass is 268 g/mol. The second-order valence-corrected chi connectivity index (χ2v) is 4.62. The van der Waals surface area contributed by atoms with Gasteiger partial charge in [0, 0.05) is 27.0 Å². The van der Waals surface area contributed by atoms with Crippen molar-refractivity contribution < 1.29 is 14.6 Å².